The maximum Gasteiger partial charge on any atom is 0.138 e. The lowest BCUT2D eigenvalue weighted by Crippen LogP contribution is -1.94. The molecule has 2 heterocycles. The van der Waals surface area contributed by atoms with Crippen molar-refractivity contribution < 1.29 is 9.84 Å². The number of halogens is 1. The minimum atomic E-state index is -0.0547. The molecule has 1 N–H and O–H groups in total. The van der Waals surface area contributed by atoms with E-state index in [1.165, 1.54) is 11.3 Å². The lowest BCUT2D eigenvalue weighted by Gasteiger charge is -2.04. The van der Waals surface area contributed by atoms with Gasteiger partial charge >= 0.3 is 0 Å². The van der Waals surface area contributed by atoms with E-state index in [0.29, 0.717) is 18.1 Å². The summed E-state index contributed by atoms with van der Waals surface area (Å²) >= 11 is 7.30. The van der Waals surface area contributed by atoms with Crippen LogP contribution in [-0.4, -0.2) is 10.1 Å². The highest BCUT2D eigenvalue weighted by Gasteiger charge is 2.00. The smallest absolute Gasteiger partial charge is 0.138 e. The van der Waals surface area contributed by atoms with Gasteiger partial charge in [0.2, 0.25) is 0 Å². The molecule has 16 heavy (non-hydrogen) atoms. The van der Waals surface area contributed by atoms with Gasteiger partial charge in [0.1, 0.15) is 12.4 Å². The Morgan fingerprint density at radius 2 is 2.19 bits per heavy atom. The molecule has 0 radical (unpaired) electrons. The zero-order valence-electron chi connectivity index (χ0n) is 8.39. The fourth-order valence-electron chi connectivity index (χ4n) is 1.17. The third kappa shape index (κ3) is 2.95. The molecule has 0 unspecified atom stereocenters. The zero-order valence-corrected chi connectivity index (χ0v) is 9.96. The highest BCUT2D eigenvalue weighted by molar-refractivity contribution is 7.16. The van der Waals surface area contributed by atoms with Gasteiger partial charge in [0.25, 0.3) is 0 Å². The van der Waals surface area contributed by atoms with Crippen LogP contribution in [0.3, 0.4) is 0 Å². The van der Waals surface area contributed by atoms with Gasteiger partial charge < -0.3 is 9.84 Å². The van der Waals surface area contributed by atoms with E-state index >= 15 is 0 Å². The van der Waals surface area contributed by atoms with Crippen molar-refractivity contribution in [2.24, 2.45) is 0 Å². The van der Waals surface area contributed by atoms with E-state index < -0.39 is 0 Å². The van der Waals surface area contributed by atoms with Crippen molar-refractivity contribution in [2.75, 3.05) is 0 Å². The van der Waals surface area contributed by atoms with Crippen molar-refractivity contribution in [3.8, 4) is 5.75 Å². The summed E-state index contributed by atoms with van der Waals surface area (Å²) in [6, 6.07) is 7.30. The number of thiophene rings is 1. The van der Waals surface area contributed by atoms with Gasteiger partial charge in [-0.25, -0.2) is 0 Å². The average molecular weight is 256 g/mol. The third-order valence-electron chi connectivity index (χ3n) is 1.97. The first-order valence-corrected chi connectivity index (χ1v) is 5.90. The number of aliphatic hydroxyl groups is 1. The predicted octanol–water partition coefficient (Wildman–Crippen LogP) is 2.87. The molecule has 2 aromatic rings. The van der Waals surface area contributed by atoms with E-state index in [1.54, 1.807) is 18.3 Å². The molecule has 84 valence electrons. The molecule has 0 saturated carbocycles. The van der Waals surface area contributed by atoms with Gasteiger partial charge in [0.05, 0.1) is 22.8 Å². The minimum absolute atomic E-state index is 0.0547. The Hall–Kier alpha value is -1.10. The van der Waals surface area contributed by atoms with Gasteiger partial charge in [-0.15, -0.1) is 11.3 Å². The van der Waals surface area contributed by atoms with E-state index in [2.05, 4.69) is 4.98 Å². The van der Waals surface area contributed by atoms with Crippen LogP contribution >= 0.6 is 22.9 Å². The van der Waals surface area contributed by atoms with Crippen LogP contribution in [0.25, 0.3) is 0 Å². The molecule has 0 fully saturated rings. The summed E-state index contributed by atoms with van der Waals surface area (Å²) in [5.41, 5.74) is 0.631. The van der Waals surface area contributed by atoms with Gasteiger partial charge in [0.15, 0.2) is 0 Å². The molecule has 0 aliphatic heterocycles. The van der Waals surface area contributed by atoms with Crippen LogP contribution < -0.4 is 4.74 Å². The molecule has 2 rings (SSSR count). The van der Waals surface area contributed by atoms with Gasteiger partial charge in [-0.1, -0.05) is 11.6 Å². The first-order valence-electron chi connectivity index (χ1n) is 4.71. The zero-order chi connectivity index (χ0) is 11.4. The van der Waals surface area contributed by atoms with E-state index in [-0.39, 0.29) is 6.61 Å². The van der Waals surface area contributed by atoms with Gasteiger partial charge in [-0.2, -0.15) is 0 Å². The summed E-state index contributed by atoms with van der Waals surface area (Å²) in [5.74, 6) is 0.682. The second-order valence-electron chi connectivity index (χ2n) is 3.14. The largest absolute Gasteiger partial charge is 0.486 e. The van der Waals surface area contributed by atoms with E-state index in [9.17, 15) is 0 Å². The first-order chi connectivity index (χ1) is 7.78. The fraction of sp³-hybridized carbons (Fsp3) is 0.182. The molecular formula is C11H10ClNO2S. The summed E-state index contributed by atoms with van der Waals surface area (Å²) in [4.78, 5) is 5.08. The van der Waals surface area contributed by atoms with E-state index in [4.69, 9.17) is 21.4 Å². The summed E-state index contributed by atoms with van der Waals surface area (Å²) in [6.45, 7) is 0.429. The standard InChI is InChI=1S/C11H10ClNO2S/c12-11-4-3-10(16-11)7-15-9-2-1-8(6-14)13-5-9/h1-5,14H,6-7H2. The minimum Gasteiger partial charge on any atom is -0.486 e. The second kappa shape index (κ2) is 5.30. The van der Waals surface area contributed by atoms with Crippen LogP contribution in [0.2, 0.25) is 4.34 Å². The molecular weight excluding hydrogens is 246 g/mol. The van der Waals surface area contributed by atoms with Gasteiger partial charge in [-0.05, 0) is 24.3 Å². The van der Waals surface area contributed by atoms with Crippen molar-refractivity contribution in [1.29, 1.82) is 0 Å². The van der Waals surface area contributed by atoms with E-state index in [1.807, 2.05) is 12.1 Å². The van der Waals surface area contributed by atoms with Crippen molar-refractivity contribution in [3.05, 3.63) is 45.4 Å². The first kappa shape index (κ1) is 11.4. The third-order valence-corrected chi connectivity index (χ3v) is 3.17. The van der Waals surface area contributed by atoms with Crippen LogP contribution in [0, 0.1) is 0 Å². The van der Waals surface area contributed by atoms with Crippen molar-refractivity contribution in [3.63, 3.8) is 0 Å². The predicted molar refractivity (Wildman–Crippen MR) is 63.8 cm³/mol. The number of aliphatic hydroxyl groups excluding tert-OH is 1. The molecule has 0 atom stereocenters. The number of hydrogen-bond acceptors (Lipinski definition) is 4. The summed E-state index contributed by atoms with van der Waals surface area (Å²) in [5, 5.41) is 8.82. The van der Waals surface area contributed by atoms with Crippen LogP contribution in [0.1, 0.15) is 10.6 Å². The molecule has 0 amide bonds. The topological polar surface area (TPSA) is 42.4 Å². The lowest BCUT2D eigenvalue weighted by atomic mass is 10.3. The number of nitrogens with zero attached hydrogens (tertiary/aromatic N) is 1. The maximum atomic E-state index is 8.82. The number of aromatic nitrogens is 1. The Labute approximate surface area is 102 Å². The Bertz CT molecular complexity index is 455. The van der Waals surface area contributed by atoms with Gasteiger partial charge in [-0.3, -0.25) is 4.98 Å². The Morgan fingerprint density at radius 1 is 1.31 bits per heavy atom. The molecule has 5 heteroatoms. The highest BCUT2D eigenvalue weighted by Crippen LogP contribution is 2.22. The average Bonchev–Trinajstić information content (AvgIpc) is 2.73. The van der Waals surface area contributed by atoms with Crippen molar-refractivity contribution in [1.82, 2.24) is 4.98 Å². The molecule has 0 spiro atoms. The number of ether oxygens (including phenoxy) is 1. The van der Waals surface area contributed by atoms with Crippen LogP contribution in [0.4, 0.5) is 0 Å². The Kier molecular flexibility index (Phi) is 3.77. The van der Waals surface area contributed by atoms with Crippen LogP contribution in [0.5, 0.6) is 5.75 Å². The maximum absolute atomic E-state index is 8.82. The van der Waals surface area contributed by atoms with E-state index in [0.717, 1.165) is 9.21 Å². The molecule has 0 saturated heterocycles. The number of rotatable bonds is 4. The Morgan fingerprint density at radius 3 is 2.75 bits per heavy atom. The highest BCUT2D eigenvalue weighted by atomic mass is 35.5. The molecule has 0 bridgehead atoms. The molecule has 0 aliphatic rings. The Balaban J connectivity index is 1.94. The van der Waals surface area contributed by atoms with Gasteiger partial charge in [0, 0.05) is 4.88 Å². The quantitative estimate of drug-likeness (QED) is 0.914. The normalized spacial score (nSPS) is 10.4. The number of pyridine rings is 1. The fourth-order valence-corrected chi connectivity index (χ4v) is 2.17. The van der Waals surface area contributed by atoms with Crippen molar-refractivity contribution in [2.45, 2.75) is 13.2 Å². The second-order valence-corrected chi connectivity index (χ2v) is 4.94. The van der Waals surface area contributed by atoms with Crippen LogP contribution in [0.15, 0.2) is 30.5 Å². The summed E-state index contributed by atoms with van der Waals surface area (Å²) in [7, 11) is 0. The summed E-state index contributed by atoms with van der Waals surface area (Å²) in [6.07, 6.45) is 1.60. The van der Waals surface area contributed by atoms with Crippen molar-refractivity contribution >= 4 is 22.9 Å². The lowest BCUT2D eigenvalue weighted by molar-refractivity contribution is 0.275. The SMILES string of the molecule is OCc1ccc(OCc2ccc(Cl)s2)cn1. The molecule has 0 aliphatic carbocycles. The molecule has 3 nitrogen and oxygen atoms in total. The van der Waals surface area contributed by atoms with Crippen LogP contribution in [-0.2, 0) is 13.2 Å². The molecule has 2 aromatic heterocycles. The molecule has 0 aromatic carbocycles. The summed E-state index contributed by atoms with van der Waals surface area (Å²) < 4.78 is 6.27. The number of hydrogen-bond donors (Lipinski definition) is 1. The monoisotopic (exact) mass is 255 g/mol.